The smallest absolute Gasteiger partial charge is 0.161 e. The van der Waals surface area contributed by atoms with E-state index in [9.17, 15) is 0 Å². The maximum absolute atomic E-state index is 6.19. The molecular weight excluding hydrogens is 375 g/mol. The van der Waals surface area contributed by atoms with Crippen molar-refractivity contribution in [2.45, 2.75) is 20.0 Å². The molecule has 0 aliphatic rings. The average molecular weight is 389 g/mol. The van der Waals surface area contributed by atoms with Crippen molar-refractivity contribution in [1.29, 1.82) is 0 Å². The summed E-state index contributed by atoms with van der Waals surface area (Å²) >= 11 is 8.37. The van der Waals surface area contributed by atoms with Crippen LogP contribution in [-0.4, -0.2) is 17.1 Å². The Bertz CT molecular complexity index is 590. The standard InChI is InChI=1S/C14H14ClIN2O/c1-3-11-12(16)13(15)18-14(17-11)10-7-5-4-6-9(10)8-19-2/h4-7H,3,8H2,1-2H3. The first-order chi connectivity index (χ1) is 9.17. The summed E-state index contributed by atoms with van der Waals surface area (Å²) in [6, 6.07) is 7.95. The fourth-order valence-corrected chi connectivity index (χ4v) is 2.65. The van der Waals surface area contributed by atoms with Gasteiger partial charge in [-0.25, -0.2) is 9.97 Å². The summed E-state index contributed by atoms with van der Waals surface area (Å²) in [6.45, 7) is 2.59. The Hall–Kier alpha value is -0.720. The van der Waals surface area contributed by atoms with Crippen LogP contribution in [0.5, 0.6) is 0 Å². The van der Waals surface area contributed by atoms with Gasteiger partial charge in [-0.2, -0.15) is 0 Å². The van der Waals surface area contributed by atoms with Crippen molar-refractivity contribution in [2.75, 3.05) is 7.11 Å². The highest BCUT2D eigenvalue weighted by atomic mass is 127. The number of hydrogen-bond donors (Lipinski definition) is 0. The molecule has 0 bridgehead atoms. The van der Waals surface area contributed by atoms with Crippen LogP contribution in [0, 0.1) is 3.57 Å². The first-order valence-electron chi connectivity index (χ1n) is 5.96. The van der Waals surface area contributed by atoms with E-state index in [1.54, 1.807) is 7.11 Å². The maximum atomic E-state index is 6.19. The summed E-state index contributed by atoms with van der Waals surface area (Å²) in [7, 11) is 1.68. The van der Waals surface area contributed by atoms with E-state index in [1.807, 2.05) is 24.3 Å². The van der Waals surface area contributed by atoms with E-state index in [-0.39, 0.29) is 0 Å². The molecule has 0 aliphatic heterocycles. The van der Waals surface area contributed by atoms with Gasteiger partial charge in [0.1, 0.15) is 5.15 Å². The minimum atomic E-state index is 0.509. The summed E-state index contributed by atoms with van der Waals surface area (Å²) in [5.74, 6) is 0.662. The normalized spacial score (nSPS) is 10.7. The number of methoxy groups -OCH3 is 1. The highest BCUT2D eigenvalue weighted by Gasteiger charge is 2.13. The molecule has 2 aromatic rings. The zero-order valence-electron chi connectivity index (χ0n) is 10.8. The molecule has 1 aromatic carbocycles. The second-order valence-corrected chi connectivity index (χ2v) is 5.48. The minimum absolute atomic E-state index is 0.509. The zero-order chi connectivity index (χ0) is 13.8. The molecular formula is C14H14ClIN2O. The van der Waals surface area contributed by atoms with E-state index in [2.05, 4.69) is 39.5 Å². The Balaban J connectivity index is 2.56. The lowest BCUT2D eigenvalue weighted by molar-refractivity contribution is 0.185. The van der Waals surface area contributed by atoms with Crippen LogP contribution in [-0.2, 0) is 17.8 Å². The molecule has 0 amide bonds. The van der Waals surface area contributed by atoms with Gasteiger partial charge in [0.25, 0.3) is 0 Å². The van der Waals surface area contributed by atoms with Gasteiger partial charge in [0, 0.05) is 12.7 Å². The zero-order valence-corrected chi connectivity index (χ0v) is 13.7. The average Bonchev–Trinajstić information content (AvgIpc) is 2.43. The van der Waals surface area contributed by atoms with Crippen LogP contribution < -0.4 is 0 Å². The van der Waals surface area contributed by atoms with Crippen molar-refractivity contribution in [2.24, 2.45) is 0 Å². The topological polar surface area (TPSA) is 35.0 Å². The Morgan fingerprint density at radius 3 is 2.68 bits per heavy atom. The molecule has 0 unspecified atom stereocenters. The Morgan fingerprint density at radius 2 is 2.00 bits per heavy atom. The van der Waals surface area contributed by atoms with E-state index in [1.165, 1.54) is 0 Å². The molecule has 19 heavy (non-hydrogen) atoms. The van der Waals surface area contributed by atoms with Gasteiger partial charge in [0.15, 0.2) is 5.82 Å². The van der Waals surface area contributed by atoms with E-state index < -0.39 is 0 Å². The highest BCUT2D eigenvalue weighted by molar-refractivity contribution is 14.1. The Morgan fingerprint density at radius 1 is 1.26 bits per heavy atom. The largest absolute Gasteiger partial charge is 0.380 e. The van der Waals surface area contributed by atoms with Crippen molar-refractivity contribution in [3.05, 3.63) is 44.2 Å². The molecule has 3 nitrogen and oxygen atoms in total. The molecule has 0 saturated heterocycles. The number of rotatable bonds is 4. The molecule has 0 radical (unpaired) electrons. The lowest BCUT2D eigenvalue weighted by Crippen LogP contribution is -2.02. The minimum Gasteiger partial charge on any atom is -0.380 e. The van der Waals surface area contributed by atoms with E-state index in [0.29, 0.717) is 17.6 Å². The molecule has 0 saturated carbocycles. The number of aryl methyl sites for hydroxylation is 1. The Kier molecular flexibility index (Phi) is 5.13. The fraction of sp³-hybridized carbons (Fsp3) is 0.286. The summed E-state index contributed by atoms with van der Waals surface area (Å²) in [4.78, 5) is 8.99. The van der Waals surface area contributed by atoms with Crippen LogP contribution in [0.1, 0.15) is 18.2 Å². The molecule has 1 heterocycles. The van der Waals surface area contributed by atoms with Crippen molar-refractivity contribution in [3.8, 4) is 11.4 Å². The molecule has 1 aromatic heterocycles. The van der Waals surface area contributed by atoms with Gasteiger partial charge < -0.3 is 4.74 Å². The van der Waals surface area contributed by atoms with Crippen LogP contribution in [0.4, 0.5) is 0 Å². The van der Waals surface area contributed by atoms with Gasteiger partial charge in [0.05, 0.1) is 15.9 Å². The van der Waals surface area contributed by atoms with Gasteiger partial charge in [-0.1, -0.05) is 42.8 Å². The molecule has 0 spiro atoms. The monoisotopic (exact) mass is 388 g/mol. The van der Waals surface area contributed by atoms with Crippen LogP contribution in [0.25, 0.3) is 11.4 Å². The second-order valence-electron chi connectivity index (χ2n) is 4.04. The van der Waals surface area contributed by atoms with Gasteiger partial charge in [-0.05, 0) is 34.6 Å². The van der Waals surface area contributed by atoms with Crippen LogP contribution in [0.2, 0.25) is 5.15 Å². The number of benzene rings is 1. The third-order valence-electron chi connectivity index (χ3n) is 2.77. The van der Waals surface area contributed by atoms with E-state index >= 15 is 0 Å². The van der Waals surface area contributed by atoms with E-state index in [0.717, 1.165) is 26.8 Å². The van der Waals surface area contributed by atoms with Gasteiger partial charge >= 0.3 is 0 Å². The lowest BCUT2D eigenvalue weighted by Gasteiger charge is -2.10. The summed E-state index contributed by atoms with van der Waals surface area (Å²) < 4.78 is 6.14. The second kappa shape index (κ2) is 6.63. The first-order valence-corrected chi connectivity index (χ1v) is 7.42. The molecule has 0 N–H and O–H groups in total. The number of nitrogens with zero attached hydrogens (tertiary/aromatic N) is 2. The molecule has 5 heteroatoms. The predicted molar refractivity (Wildman–Crippen MR) is 85.3 cm³/mol. The molecule has 2 rings (SSSR count). The van der Waals surface area contributed by atoms with Gasteiger partial charge in [0.2, 0.25) is 0 Å². The summed E-state index contributed by atoms with van der Waals surface area (Å²) in [6.07, 6.45) is 0.833. The lowest BCUT2D eigenvalue weighted by atomic mass is 10.1. The third-order valence-corrected chi connectivity index (χ3v) is 4.50. The summed E-state index contributed by atoms with van der Waals surface area (Å²) in [5, 5.41) is 0.509. The quantitative estimate of drug-likeness (QED) is 0.584. The van der Waals surface area contributed by atoms with Crippen LogP contribution in [0.15, 0.2) is 24.3 Å². The number of aromatic nitrogens is 2. The maximum Gasteiger partial charge on any atom is 0.161 e. The number of hydrogen-bond acceptors (Lipinski definition) is 3. The first kappa shape index (κ1) is 14.7. The highest BCUT2D eigenvalue weighted by Crippen LogP contribution is 2.26. The van der Waals surface area contributed by atoms with Gasteiger partial charge in [-0.3, -0.25) is 0 Å². The van der Waals surface area contributed by atoms with Crippen molar-refractivity contribution in [1.82, 2.24) is 9.97 Å². The van der Waals surface area contributed by atoms with Gasteiger partial charge in [-0.15, -0.1) is 0 Å². The SMILES string of the molecule is CCc1nc(-c2ccccc2COC)nc(Cl)c1I. The predicted octanol–water partition coefficient (Wildman–Crippen LogP) is 4.11. The molecule has 100 valence electrons. The van der Waals surface area contributed by atoms with Crippen LogP contribution >= 0.6 is 34.2 Å². The third kappa shape index (κ3) is 3.24. The number of halogens is 2. The van der Waals surface area contributed by atoms with Crippen molar-refractivity contribution in [3.63, 3.8) is 0 Å². The van der Waals surface area contributed by atoms with E-state index in [4.69, 9.17) is 16.3 Å². The molecule has 0 atom stereocenters. The van der Waals surface area contributed by atoms with Crippen molar-refractivity contribution < 1.29 is 4.74 Å². The Labute approximate surface area is 131 Å². The van der Waals surface area contributed by atoms with Crippen LogP contribution in [0.3, 0.4) is 0 Å². The summed E-state index contributed by atoms with van der Waals surface area (Å²) in [5.41, 5.74) is 3.00. The van der Waals surface area contributed by atoms with Crippen molar-refractivity contribution >= 4 is 34.2 Å². The molecule has 0 fully saturated rings. The number of ether oxygens (including phenoxy) is 1. The molecule has 0 aliphatic carbocycles. The fourth-order valence-electron chi connectivity index (χ4n) is 1.84.